The minimum atomic E-state index is -4.77. The first kappa shape index (κ1) is 14.9. The maximum Gasteiger partial charge on any atom is 0.406 e. The molecule has 2 heterocycles. The number of aromatic nitrogens is 1. The first-order chi connectivity index (χ1) is 9.33. The summed E-state index contributed by atoms with van der Waals surface area (Å²) in [5, 5.41) is 11.7. The van der Waals surface area contributed by atoms with Gasteiger partial charge in [0.15, 0.2) is 5.41 Å². The van der Waals surface area contributed by atoms with Crippen molar-refractivity contribution < 1.29 is 23.1 Å². The van der Waals surface area contributed by atoms with Crippen molar-refractivity contribution in [1.29, 1.82) is 0 Å². The van der Waals surface area contributed by atoms with Gasteiger partial charge in [0.05, 0.1) is 0 Å². The van der Waals surface area contributed by atoms with Gasteiger partial charge >= 0.3 is 12.1 Å². The third-order valence-electron chi connectivity index (χ3n) is 4.10. The summed E-state index contributed by atoms with van der Waals surface area (Å²) in [6.45, 7) is 2.03. The van der Waals surface area contributed by atoms with Crippen LogP contribution < -0.4 is 5.32 Å². The lowest BCUT2D eigenvalue weighted by molar-refractivity contribution is -0.236. The quantitative estimate of drug-likeness (QED) is 0.890. The topological polar surface area (TPSA) is 54.3 Å². The zero-order valence-electron chi connectivity index (χ0n) is 11.1. The predicted molar refractivity (Wildman–Crippen MR) is 66.3 cm³/mol. The average molecular weight is 290 g/mol. The maximum absolute atomic E-state index is 13.3. The van der Waals surface area contributed by atoms with E-state index in [1.165, 1.54) is 0 Å². The summed E-state index contributed by atoms with van der Waals surface area (Å²) in [6.07, 6.45) is -2.88. The third kappa shape index (κ3) is 2.19. The molecule has 2 N–H and O–H groups in total. The van der Waals surface area contributed by atoms with Gasteiger partial charge in [0, 0.05) is 30.9 Å². The average Bonchev–Trinajstić information content (AvgIpc) is 2.95. The maximum atomic E-state index is 13.3. The molecule has 0 amide bonds. The van der Waals surface area contributed by atoms with Crippen molar-refractivity contribution in [3.8, 4) is 0 Å². The minimum Gasteiger partial charge on any atom is -0.481 e. The molecule has 0 aromatic carbocycles. The summed E-state index contributed by atoms with van der Waals surface area (Å²) in [7, 11) is 0. The summed E-state index contributed by atoms with van der Waals surface area (Å²) < 4.78 is 41.7. The van der Waals surface area contributed by atoms with Crippen molar-refractivity contribution in [1.82, 2.24) is 9.88 Å². The Kier molecular flexibility index (Phi) is 3.82. The zero-order valence-corrected chi connectivity index (χ0v) is 11.1. The lowest BCUT2D eigenvalue weighted by atomic mass is 9.75. The molecule has 0 bridgehead atoms. The molecular formula is C13H17F3N2O2. The van der Waals surface area contributed by atoms with Gasteiger partial charge in [0.1, 0.15) is 0 Å². The number of aryl methyl sites for hydroxylation is 1. The summed E-state index contributed by atoms with van der Waals surface area (Å²) in [5.74, 6) is -2.80. The Labute approximate surface area is 114 Å². The van der Waals surface area contributed by atoms with Crippen molar-refractivity contribution in [3.63, 3.8) is 0 Å². The molecule has 4 nitrogen and oxygen atoms in total. The van der Waals surface area contributed by atoms with E-state index in [0.717, 1.165) is 5.69 Å². The smallest absolute Gasteiger partial charge is 0.406 e. The van der Waals surface area contributed by atoms with E-state index in [9.17, 15) is 18.0 Å². The second-order valence-corrected chi connectivity index (χ2v) is 5.09. The van der Waals surface area contributed by atoms with Crippen LogP contribution in [0.4, 0.5) is 13.2 Å². The number of carboxylic acids is 1. The Morgan fingerprint density at radius 3 is 2.85 bits per heavy atom. The van der Waals surface area contributed by atoms with E-state index < -0.39 is 30.0 Å². The number of hydrogen-bond donors (Lipinski definition) is 2. The normalized spacial score (nSPS) is 26.9. The van der Waals surface area contributed by atoms with Gasteiger partial charge in [-0.05, 0) is 32.0 Å². The molecule has 1 fully saturated rings. The number of carboxylic acid groups (broad SMARTS) is 1. The lowest BCUT2D eigenvalue weighted by Gasteiger charge is -2.32. The Hall–Kier alpha value is -1.50. The van der Waals surface area contributed by atoms with E-state index >= 15 is 0 Å². The van der Waals surface area contributed by atoms with Crippen LogP contribution in [0.25, 0.3) is 0 Å². The molecule has 1 aromatic heterocycles. The molecule has 0 aliphatic carbocycles. The van der Waals surface area contributed by atoms with E-state index in [2.05, 4.69) is 5.32 Å². The molecule has 0 unspecified atom stereocenters. The number of aliphatic carboxylic acids is 1. The largest absolute Gasteiger partial charge is 0.481 e. The molecule has 0 radical (unpaired) electrons. The van der Waals surface area contributed by atoms with E-state index in [0.29, 0.717) is 6.54 Å². The zero-order chi connectivity index (χ0) is 15.0. The summed E-state index contributed by atoms with van der Waals surface area (Å²) in [6, 6.07) is 3.50. The monoisotopic (exact) mass is 290 g/mol. The number of alkyl halides is 3. The molecule has 112 valence electrons. The van der Waals surface area contributed by atoms with Crippen LogP contribution in [0.15, 0.2) is 18.3 Å². The number of rotatable bonds is 4. The van der Waals surface area contributed by atoms with Gasteiger partial charge in [-0.1, -0.05) is 0 Å². The van der Waals surface area contributed by atoms with Crippen LogP contribution in [0.3, 0.4) is 0 Å². The molecule has 0 spiro atoms. The van der Waals surface area contributed by atoms with Crippen molar-refractivity contribution in [3.05, 3.63) is 24.0 Å². The molecule has 7 heteroatoms. The summed E-state index contributed by atoms with van der Waals surface area (Å²) >= 11 is 0. The second kappa shape index (κ2) is 5.12. The highest BCUT2D eigenvalue weighted by atomic mass is 19.4. The van der Waals surface area contributed by atoms with Crippen molar-refractivity contribution >= 4 is 5.97 Å². The van der Waals surface area contributed by atoms with Gasteiger partial charge in [-0.3, -0.25) is 4.79 Å². The Morgan fingerprint density at radius 1 is 1.60 bits per heavy atom. The van der Waals surface area contributed by atoms with Crippen LogP contribution in [0.1, 0.15) is 12.6 Å². The van der Waals surface area contributed by atoms with Crippen molar-refractivity contribution in [2.24, 2.45) is 11.3 Å². The van der Waals surface area contributed by atoms with E-state index in [1.54, 1.807) is 18.3 Å². The van der Waals surface area contributed by atoms with E-state index in [1.807, 2.05) is 11.5 Å². The van der Waals surface area contributed by atoms with Gasteiger partial charge in [-0.25, -0.2) is 0 Å². The van der Waals surface area contributed by atoms with Gasteiger partial charge < -0.3 is 15.0 Å². The number of hydrogen-bond acceptors (Lipinski definition) is 2. The van der Waals surface area contributed by atoms with Crippen LogP contribution in [-0.2, 0) is 17.8 Å². The number of nitrogens with one attached hydrogen (secondary N) is 1. The molecule has 20 heavy (non-hydrogen) atoms. The summed E-state index contributed by atoms with van der Waals surface area (Å²) in [5.41, 5.74) is -1.97. The third-order valence-corrected chi connectivity index (χ3v) is 4.10. The lowest BCUT2D eigenvalue weighted by Crippen LogP contribution is -2.51. The SMILES string of the molecule is CCn1cccc1C[C@@H]1CNC[C@@]1(C(=O)O)C(F)(F)F. The fourth-order valence-electron chi connectivity index (χ4n) is 2.91. The molecule has 1 aliphatic heterocycles. The Balaban J connectivity index is 2.33. The van der Waals surface area contributed by atoms with E-state index in [4.69, 9.17) is 5.11 Å². The fourth-order valence-corrected chi connectivity index (χ4v) is 2.91. The standard InChI is InChI=1S/C13H17F3N2O2/c1-2-18-5-3-4-10(18)6-9-7-17-8-12(9,11(19)20)13(14,15)16/h3-5,9,17H,2,6-8H2,1H3,(H,19,20)/t9-,12-/m1/s1. The minimum absolute atomic E-state index is 0.0563. The number of halogens is 3. The molecule has 2 atom stereocenters. The van der Waals surface area contributed by atoms with Crippen LogP contribution in [0.5, 0.6) is 0 Å². The Bertz CT molecular complexity index is 498. The van der Waals surface area contributed by atoms with Gasteiger partial charge in [-0.2, -0.15) is 13.2 Å². The highest BCUT2D eigenvalue weighted by Crippen LogP contribution is 2.47. The van der Waals surface area contributed by atoms with Crippen LogP contribution >= 0.6 is 0 Å². The molecule has 0 saturated carbocycles. The van der Waals surface area contributed by atoms with Crippen LogP contribution in [0, 0.1) is 11.3 Å². The predicted octanol–water partition coefficient (Wildman–Crippen LogP) is 1.90. The van der Waals surface area contributed by atoms with Crippen LogP contribution in [0.2, 0.25) is 0 Å². The highest BCUT2D eigenvalue weighted by molar-refractivity contribution is 5.77. The number of carbonyl (C=O) groups is 1. The van der Waals surface area contributed by atoms with Gasteiger partial charge in [0.2, 0.25) is 0 Å². The van der Waals surface area contributed by atoms with Crippen molar-refractivity contribution in [2.45, 2.75) is 26.1 Å². The second-order valence-electron chi connectivity index (χ2n) is 5.09. The molecule has 1 saturated heterocycles. The summed E-state index contributed by atoms with van der Waals surface area (Å²) in [4.78, 5) is 11.3. The van der Waals surface area contributed by atoms with Gasteiger partial charge in [-0.15, -0.1) is 0 Å². The van der Waals surface area contributed by atoms with Gasteiger partial charge in [0.25, 0.3) is 0 Å². The fraction of sp³-hybridized carbons (Fsp3) is 0.615. The van der Waals surface area contributed by atoms with Crippen molar-refractivity contribution in [2.75, 3.05) is 13.1 Å². The first-order valence-corrected chi connectivity index (χ1v) is 6.47. The molecule has 1 aliphatic rings. The Morgan fingerprint density at radius 2 is 2.30 bits per heavy atom. The molecule has 1 aromatic rings. The molecule has 2 rings (SSSR count). The molecular weight excluding hydrogens is 273 g/mol. The van der Waals surface area contributed by atoms with Crippen LogP contribution in [-0.4, -0.2) is 34.9 Å². The first-order valence-electron chi connectivity index (χ1n) is 6.47. The number of nitrogens with zero attached hydrogens (tertiary/aromatic N) is 1. The van der Waals surface area contributed by atoms with E-state index in [-0.39, 0.29) is 13.0 Å². The highest BCUT2D eigenvalue weighted by Gasteiger charge is 2.66.